The van der Waals surface area contributed by atoms with E-state index in [0.717, 1.165) is 66.1 Å². The van der Waals surface area contributed by atoms with Crippen LogP contribution in [0, 0.1) is 22.7 Å². The van der Waals surface area contributed by atoms with Crippen molar-refractivity contribution in [2.75, 3.05) is 62.2 Å². The van der Waals surface area contributed by atoms with Gasteiger partial charge in [-0.25, -0.2) is 4.79 Å². The van der Waals surface area contributed by atoms with Crippen LogP contribution in [0.25, 0.3) is 10.9 Å². The SMILES string of the molecule is Cn1ccc2cc(CN3CCN(c4ccccc4C#N)CC3)cc(C(=O)N3CCN(c4ccccc4C#N)CC3)c21.O=C(O)C(F)(F)F. The molecule has 4 aromatic rings. The summed E-state index contributed by atoms with van der Waals surface area (Å²) in [5.41, 5.74) is 6.18. The lowest BCUT2D eigenvalue weighted by molar-refractivity contribution is -0.192. The number of rotatable bonds is 5. The minimum Gasteiger partial charge on any atom is -0.475 e. The quantitative estimate of drug-likeness (QED) is 0.324. The number of carboxylic acids is 1. The average molecular weight is 658 g/mol. The fourth-order valence-electron chi connectivity index (χ4n) is 6.17. The Morgan fingerprint density at radius 1 is 0.792 bits per heavy atom. The van der Waals surface area contributed by atoms with Crippen LogP contribution < -0.4 is 9.80 Å². The summed E-state index contributed by atoms with van der Waals surface area (Å²) in [5.74, 6) is -2.70. The lowest BCUT2D eigenvalue weighted by Gasteiger charge is -2.37. The van der Waals surface area contributed by atoms with Gasteiger partial charge in [0.15, 0.2) is 0 Å². The minimum absolute atomic E-state index is 0.0600. The van der Waals surface area contributed by atoms with E-state index < -0.39 is 12.1 Å². The number of amides is 1. The molecule has 6 rings (SSSR count). The van der Waals surface area contributed by atoms with Gasteiger partial charge in [-0.2, -0.15) is 23.7 Å². The van der Waals surface area contributed by atoms with E-state index in [9.17, 15) is 28.5 Å². The number of carbonyl (C=O) groups is 2. The van der Waals surface area contributed by atoms with Crippen LogP contribution in [0.15, 0.2) is 72.9 Å². The molecular weight excluding hydrogens is 623 g/mol. The third-order valence-corrected chi connectivity index (χ3v) is 8.58. The molecule has 3 heterocycles. The largest absolute Gasteiger partial charge is 0.490 e. The number of aromatic nitrogens is 1. The zero-order chi connectivity index (χ0) is 34.4. The van der Waals surface area contributed by atoms with Crippen LogP contribution in [0.3, 0.4) is 0 Å². The molecule has 2 saturated heterocycles. The molecular formula is C35H34F3N7O3. The molecule has 0 radical (unpaired) electrons. The molecule has 2 aliphatic rings. The van der Waals surface area contributed by atoms with E-state index in [1.807, 2.05) is 71.2 Å². The fraction of sp³-hybridized carbons (Fsp3) is 0.314. The number of anilines is 2. The van der Waals surface area contributed by atoms with E-state index in [1.54, 1.807) is 0 Å². The second-order valence-corrected chi connectivity index (χ2v) is 11.6. The van der Waals surface area contributed by atoms with Gasteiger partial charge in [-0.05, 0) is 48.0 Å². The standard InChI is InChI=1S/C33H33N7O.C2HF3O2/c1-36-11-10-26-20-25(24-37-12-14-38(15-13-37)30-8-4-2-6-27(30)22-34)21-29(32(26)36)33(41)40-18-16-39(17-19-40)31-9-5-3-7-28(31)23-35;3-2(4,5)1(6)7/h2-11,20-21H,12-19,24H2,1H3;(H,6,7). The molecule has 3 aromatic carbocycles. The van der Waals surface area contributed by atoms with Crippen LogP contribution in [0.5, 0.6) is 0 Å². The molecule has 2 fully saturated rings. The van der Waals surface area contributed by atoms with Crippen LogP contribution in [-0.4, -0.2) is 89.9 Å². The second kappa shape index (κ2) is 14.5. The predicted octanol–water partition coefficient (Wildman–Crippen LogP) is 4.84. The van der Waals surface area contributed by atoms with Crippen LogP contribution in [0.2, 0.25) is 0 Å². The van der Waals surface area contributed by atoms with Gasteiger partial charge < -0.3 is 24.4 Å². The first-order valence-corrected chi connectivity index (χ1v) is 15.4. The first-order valence-electron chi connectivity index (χ1n) is 15.4. The fourth-order valence-corrected chi connectivity index (χ4v) is 6.17. The number of halogens is 3. The third kappa shape index (κ3) is 7.54. The number of hydrogen-bond donors (Lipinski definition) is 1. The van der Waals surface area contributed by atoms with Gasteiger partial charge in [-0.1, -0.05) is 24.3 Å². The number of hydrogen-bond acceptors (Lipinski definition) is 7. The average Bonchev–Trinajstić information content (AvgIpc) is 3.47. The van der Waals surface area contributed by atoms with Crippen LogP contribution in [0.4, 0.5) is 24.5 Å². The molecule has 248 valence electrons. The van der Waals surface area contributed by atoms with Crippen molar-refractivity contribution in [1.82, 2.24) is 14.4 Å². The van der Waals surface area contributed by atoms with Crippen LogP contribution in [-0.2, 0) is 18.4 Å². The number of aryl methyl sites for hydroxylation is 1. The summed E-state index contributed by atoms with van der Waals surface area (Å²) in [5, 5.41) is 27.2. The first kappa shape index (κ1) is 33.8. The highest BCUT2D eigenvalue weighted by molar-refractivity contribution is 6.06. The van der Waals surface area contributed by atoms with Gasteiger partial charge in [0.05, 0.1) is 33.6 Å². The Morgan fingerprint density at radius 2 is 1.29 bits per heavy atom. The maximum absolute atomic E-state index is 13.9. The van der Waals surface area contributed by atoms with Crippen LogP contribution >= 0.6 is 0 Å². The smallest absolute Gasteiger partial charge is 0.475 e. The van der Waals surface area contributed by atoms with Crippen molar-refractivity contribution in [2.24, 2.45) is 7.05 Å². The monoisotopic (exact) mass is 657 g/mol. The van der Waals surface area contributed by atoms with Gasteiger partial charge in [-0.3, -0.25) is 9.69 Å². The summed E-state index contributed by atoms with van der Waals surface area (Å²) in [6.07, 6.45) is -3.06. The molecule has 10 nitrogen and oxygen atoms in total. The summed E-state index contributed by atoms with van der Waals surface area (Å²) in [6.45, 7) is 6.89. The second-order valence-electron chi connectivity index (χ2n) is 11.6. The van der Waals surface area contributed by atoms with Crippen molar-refractivity contribution in [2.45, 2.75) is 12.7 Å². The summed E-state index contributed by atoms with van der Waals surface area (Å²) in [6, 6.07) is 26.4. The highest BCUT2D eigenvalue weighted by atomic mass is 19.4. The van der Waals surface area contributed by atoms with Crippen molar-refractivity contribution >= 4 is 34.2 Å². The Morgan fingerprint density at radius 3 is 1.79 bits per heavy atom. The van der Waals surface area contributed by atoms with E-state index in [2.05, 4.69) is 45.0 Å². The normalized spacial score (nSPS) is 15.3. The predicted molar refractivity (Wildman–Crippen MR) is 175 cm³/mol. The molecule has 0 unspecified atom stereocenters. The molecule has 2 aliphatic heterocycles. The van der Waals surface area contributed by atoms with Crippen molar-refractivity contribution in [3.8, 4) is 12.1 Å². The molecule has 0 aliphatic carbocycles. The molecule has 48 heavy (non-hydrogen) atoms. The van der Waals surface area contributed by atoms with E-state index in [-0.39, 0.29) is 5.91 Å². The maximum atomic E-state index is 13.9. The zero-order valence-corrected chi connectivity index (χ0v) is 26.3. The maximum Gasteiger partial charge on any atom is 0.490 e. The third-order valence-electron chi connectivity index (χ3n) is 8.58. The number of aliphatic carboxylic acids is 1. The zero-order valence-electron chi connectivity index (χ0n) is 26.3. The number of fused-ring (bicyclic) bond motifs is 1. The molecule has 1 N–H and O–H groups in total. The molecule has 13 heteroatoms. The van der Waals surface area contributed by atoms with Gasteiger partial charge in [0.25, 0.3) is 5.91 Å². The highest BCUT2D eigenvalue weighted by Gasteiger charge is 2.38. The Labute approximate surface area is 276 Å². The van der Waals surface area contributed by atoms with E-state index in [1.165, 1.54) is 0 Å². The Bertz CT molecular complexity index is 1880. The first-order chi connectivity index (χ1) is 23.0. The number of benzene rings is 3. The molecule has 0 spiro atoms. The number of alkyl halides is 3. The Balaban J connectivity index is 0.000000582. The van der Waals surface area contributed by atoms with Crippen molar-refractivity contribution in [3.05, 3.63) is 95.2 Å². The van der Waals surface area contributed by atoms with Crippen molar-refractivity contribution < 1.29 is 27.9 Å². The number of nitriles is 2. The van der Waals surface area contributed by atoms with Gasteiger partial charge in [0, 0.05) is 77.5 Å². The topological polar surface area (TPSA) is 120 Å². The summed E-state index contributed by atoms with van der Waals surface area (Å²) in [4.78, 5) is 31.7. The number of piperazine rings is 2. The number of carboxylic acid groups (broad SMARTS) is 1. The molecule has 0 bridgehead atoms. The van der Waals surface area contributed by atoms with Crippen LogP contribution in [0.1, 0.15) is 27.0 Å². The lowest BCUT2D eigenvalue weighted by atomic mass is 10.0. The van der Waals surface area contributed by atoms with Gasteiger partial charge in [-0.15, -0.1) is 0 Å². The Hall–Kier alpha value is -5.53. The van der Waals surface area contributed by atoms with E-state index in [0.29, 0.717) is 37.3 Å². The molecule has 1 aromatic heterocycles. The molecule has 0 atom stereocenters. The van der Waals surface area contributed by atoms with Crippen molar-refractivity contribution in [3.63, 3.8) is 0 Å². The van der Waals surface area contributed by atoms with Crippen molar-refractivity contribution in [1.29, 1.82) is 10.5 Å². The van der Waals surface area contributed by atoms with Gasteiger partial charge >= 0.3 is 12.1 Å². The number of nitrogens with zero attached hydrogens (tertiary/aromatic N) is 7. The number of para-hydroxylation sites is 2. The molecule has 1 amide bonds. The van der Waals surface area contributed by atoms with Gasteiger partial charge in [0.1, 0.15) is 12.1 Å². The summed E-state index contributed by atoms with van der Waals surface area (Å²) >= 11 is 0. The van der Waals surface area contributed by atoms with E-state index in [4.69, 9.17) is 9.90 Å². The van der Waals surface area contributed by atoms with Gasteiger partial charge in [0.2, 0.25) is 0 Å². The summed E-state index contributed by atoms with van der Waals surface area (Å²) < 4.78 is 33.8. The lowest BCUT2D eigenvalue weighted by Crippen LogP contribution is -2.49. The highest BCUT2D eigenvalue weighted by Crippen LogP contribution is 2.27. The Kier molecular flexibility index (Phi) is 10.2. The molecule has 0 saturated carbocycles. The minimum atomic E-state index is -5.08. The van der Waals surface area contributed by atoms with E-state index >= 15 is 0 Å². The summed E-state index contributed by atoms with van der Waals surface area (Å²) in [7, 11) is 1.99. The number of carbonyl (C=O) groups excluding carboxylic acids is 1.